The van der Waals surface area contributed by atoms with Crippen LogP contribution in [-0.4, -0.2) is 24.5 Å². The molecule has 0 aromatic heterocycles. The second-order valence-electron chi connectivity index (χ2n) is 3.76. The first-order chi connectivity index (χ1) is 5.22. The quantitative estimate of drug-likeness (QED) is 0.550. The molecule has 0 N–H and O–H groups in total. The number of likely N-dealkylation sites (tertiary alicyclic amines) is 1. The first kappa shape index (κ1) is 8.79. The van der Waals surface area contributed by atoms with Crippen molar-refractivity contribution in [3.8, 4) is 0 Å². The molecule has 1 unspecified atom stereocenters. The minimum atomic E-state index is 0.916. The fraction of sp³-hybridized carbons (Fsp3) is 0.800. The Balaban J connectivity index is 2.28. The first-order valence-corrected chi connectivity index (χ1v) is 4.56. The number of allylic oxidation sites excluding steroid dienone is 1. The topological polar surface area (TPSA) is 3.24 Å². The van der Waals surface area contributed by atoms with Crippen LogP contribution in [0.1, 0.15) is 27.2 Å². The zero-order valence-electron chi connectivity index (χ0n) is 7.93. The summed E-state index contributed by atoms with van der Waals surface area (Å²) >= 11 is 0. The van der Waals surface area contributed by atoms with Crippen molar-refractivity contribution in [3.05, 3.63) is 11.6 Å². The monoisotopic (exact) mass is 153 g/mol. The lowest BCUT2D eigenvalue weighted by Gasteiger charge is -2.14. The minimum absolute atomic E-state index is 0.916. The highest BCUT2D eigenvalue weighted by Crippen LogP contribution is 2.15. The van der Waals surface area contributed by atoms with Crippen molar-refractivity contribution < 1.29 is 0 Å². The van der Waals surface area contributed by atoms with Crippen molar-refractivity contribution in [2.24, 2.45) is 5.92 Å². The van der Waals surface area contributed by atoms with Gasteiger partial charge in [0.25, 0.3) is 0 Å². The number of rotatable bonds is 2. The van der Waals surface area contributed by atoms with Gasteiger partial charge in [-0.05, 0) is 32.7 Å². The van der Waals surface area contributed by atoms with Gasteiger partial charge < -0.3 is 0 Å². The summed E-state index contributed by atoms with van der Waals surface area (Å²) < 4.78 is 0. The molecule has 64 valence electrons. The van der Waals surface area contributed by atoms with Gasteiger partial charge in [-0.25, -0.2) is 0 Å². The van der Waals surface area contributed by atoms with Crippen molar-refractivity contribution in [1.82, 2.24) is 4.90 Å². The molecule has 1 rings (SSSR count). The molecule has 0 aromatic rings. The maximum Gasteiger partial charge on any atom is 0.0190 e. The van der Waals surface area contributed by atoms with E-state index < -0.39 is 0 Å². The van der Waals surface area contributed by atoms with E-state index in [-0.39, 0.29) is 0 Å². The van der Waals surface area contributed by atoms with Crippen LogP contribution < -0.4 is 0 Å². The first-order valence-electron chi connectivity index (χ1n) is 4.56. The van der Waals surface area contributed by atoms with E-state index in [4.69, 9.17) is 0 Å². The van der Waals surface area contributed by atoms with Crippen molar-refractivity contribution >= 4 is 0 Å². The van der Waals surface area contributed by atoms with E-state index >= 15 is 0 Å². The minimum Gasteiger partial charge on any atom is -0.299 e. The molecule has 1 nitrogen and oxygen atoms in total. The fourth-order valence-electron chi connectivity index (χ4n) is 1.61. The highest BCUT2D eigenvalue weighted by Gasteiger charge is 2.17. The smallest absolute Gasteiger partial charge is 0.0190 e. The third kappa shape index (κ3) is 2.66. The van der Waals surface area contributed by atoms with Gasteiger partial charge in [0.05, 0.1) is 0 Å². The second kappa shape index (κ2) is 3.91. The Labute approximate surface area is 70.1 Å². The molecule has 1 aliphatic heterocycles. The molecular weight excluding hydrogens is 134 g/mol. The van der Waals surface area contributed by atoms with E-state index in [1.54, 1.807) is 0 Å². The zero-order chi connectivity index (χ0) is 8.27. The third-order valence-electron chi connectivity index (χ3n) is 2.47. The molecule has 1 saturated heterocycles. The molecule has 0 radical (unpaired) electrons. The summed E-state index contributed by atoms with van der Waals surface area (Å²) in [6.45, 7) is 10.4. The molecule has 1 fully saturated rings. The van der Waals surface area contributed by atoms with Crippen molar-refractivity contribution in [3.63, 3.8) is 0 Å². The van der Waals surface area contributed by atoms with Crippen LogP contribution >= 0.6 is 0 Å². The predicted molar refractivity (Wildman–Crippen MR) is 49.7 cm³/mol. The molecule has 0 aromatic carbocycles. The lowest BCUT2D eigenvalue weighted by atomic mass is 10.2. The van der Waals surface area contributed by atoms with Crippen LogP contribution in [0.15, 0.2) is 11.6 Å². The van der Waals surface area contributed by atoms with Gasteiger partial charge in [-0.1, -0.05) is 18.6 Å². The summed E-state index contributed by atoms with van der Waals surface area (Å²) in [5.41, 5.74) is 1.50. The van der Waals surface area contributed by atoms with Crippen LogP contribution in [0.5, 0.6) is 0 Å². The van der Waals surface area contributed by atoms with Gasteiger partial charge in [0.2, 0.25) is 0 Å². The van der Waals surface area contributed by atoms with E-state index in [1.165, 1.54) is 31.6 Å². The van der Waals surface area contributed by atoms with Gasteiger partial charge in [0.15, 0.2) is 0 Å². The summed E-state index contributed by atoms with van der Waals surface area (Å²) in [6, 6.07) is 0. The SMILES string of the molecule is C/C=C(\C)CN1CCC(C)C1. The van der Waals surface area contributed by atoms with E-state index in [1.807, 2.05) is 0 Å². The zero-order valence-corrected chi connectivity index (χ0v) is 7.93. The van der Waals surface area contributed by atoms with Gasteiger partial charge in [-0.2, -0.15) is 0 Å². The molecule has 1 atom stereocenters. The lowest BCUT2D eigenvalue weighted by molar-refractivity contribution is 0.355. The maximum atomic E-state index is 2.54. The molecule has 0 amide bonds. The van der Waals surface area contributed by atoms with Crippen LogP contribution in [0.2, 0.25) is 0 Å². The Morgan fingerprint density at radius 1 is 1.64 bits per heavy atom. The molecular formula is C10H19N. The van der Waals surface area contributed by atoms with E-state index in [2.05, 4.69) is 31.7 Å². The summed E-state index contributed by atoms with van der Waals surface area (Å²) in [7, 11) is 0. The van der Waals surface area contributed by atoms with Crippen LogP contribution in [0.25, 0.3) is 0 Å². The maximum absolute atomic E-state index is 2.54. The highest BCUT2D eigenvalue weighted by atomic mass is 15.1. The Hall–Kier alpha value is -0.300. The predicted octanol–water partition coefficient (Wildman–Crippen LogP) is 2.29. The van der Waals surface area contributed by atoms with Crippen molar-refractivity contribution in [2.45, 2.75) is 27.2 Å². The molecule has 0 aliphatic carbocycles. The average molecular weight is 153 g/mol. The van der Waals surface area contributed by atoms with Gasteiger partial charge in [-0.15, -0.1) is 0 Å². The van der Waals surface area contributed by atoms with Crippen LogP contribution in [-0.2, 0) is 0 Å². The third-order valence-corrected chi connectivity index (χ3v) is 2.47. The van der Waals surface area contributed by atoms with E-state index in [0.717, 1.165) is 5.92 Å². The van der Waals surface area contributed by atoms with Crippen molar-refractivity contribution in [2.75, 3.05) is 19.6 Å². The van der Waals surface area contributed by atoms with Gasteiger partial charge >= 0.3 is 0 Å². The van der Waals surface area contributed by atoms with E-state index in [0.29, 0.717) is 0 Å². The van der Waals surface area contributed by atoms with Gasteiger partial charge in [-0.3, -0.25) is 4.90 Å². The molecule has 11 heavy (non-hydrogen) atoms. The van der Waals surface area contributed by atoms with Crippen LogP contribution in [0, 0.1) is 5.92 Å². The Bertz CT molecular complexity index is 149. The molecule has 0 bridgehead atoms. The molecule has 0 spiro atoms. The largest absolute Gasteiger partial charge is 0.299 e. The standard InChI is InChI=1S/C10H19N/c1-4-9(2)7-11-6-5-10(3)8-11/h4,10H,5-8H2,1-3H3/b9-4+. The lowest BCUT2D eigenvalue weighted by Crippen LogP contribution is -2.22. The van der Waals surface area contributed by atoms with Crippen molar-refractivity contribution in [1.29, 1.82) is 0 Å². The average Bonchev–Trinajstić information content (AvgIpc) is 2.35. The number of nitrogens with zero attached hydrogens (tertiary/aromatic N) is 1. The number of hydrogen-bond acceptors (Lipinski definition) is 1. The van der Waals surface area contributed by atoms with Gasteiger partial charge in [0.1, 0.15) is 0 Å². The molecule has 1 heterocycles. The fourth-order valence-corrected chi connectivity index (χ4v) is 1.61. The summed E-state index contributed by atoms with van der Waals surface area (Å²) in [5, 5.41) is 0. The Kier molecular flexibility index (Phi) is 3.13. The molecule has 0 saturated carbocycles. The van der Waals surface area contributed by atoms with E-state index in [9.17, 15) is 0 Å². The Morgan fingerprint density at radius 3 is 2.82 bits per heavy atom. The summed E-state index contributed by atoms with van der Waals surface area (Å²) in [6.07, 6.45) is 3.60. The second-order valence-corrected chi connectivity index (χ2v) is 3.76. The van der Waals surface area contributed by atoms with Gasteiger partial charge in [0, 0.05) is 13.1 Å². The van der Waals surface area contributed by atoms with Crippen LogP contribution in [0.4, 0.5) is 0 Å². The Morgan fingerprint density at radius 2 is 2.36 bits per heavy atom. The normalized spacial score (nSPS) is 27.9. The summed E-state index contributed by atoms with van der Waals surface area (Å²) in [5.74, 6) is 0.916. The summed E-state index contributed by atoms with van der Waals surface area (Å²) in [4.78, 5) is 2.54. The highest BCUT2D eigenvalue weighted by molar-refractivity contribution is 4.99. The van der Waals surface area contributed by atoms with Crippen LogP contribution in [0.3, 0.4) is 0 Å². The molecule has 1 aliphatic rings. The number of hydrogen-bond donors (Lipinski definition) is 0. The molecule has 1 heteroatoms.